The normalized spacial score (nSPS) is 33.6. The molecule has 4 atom stereocenters. The van der Waals surface area contributed by atoms with E-state index in [4.69, 9.17) is 19.9 Å². The number of ether oxygens (including phenoxy) is 3. The molecule has 6 heteroatoms. The first-order valence-corrected chi connectivity index (χ1v) is 9.65. The Morgan fingerprint density at radius 3 is 2.82 bits per heavy atom. The van der Waals surface area contributed by atoms with Crippen molar-refractivity contribution in [1.82, 2.24) is 5.32 Å². The van der Waals surface area contributed by atoms with Crippen LogP contribution in [-0.4, -0.2) is 31.3 Å². The van der Waals surface area contributed by atoms with Gasteiger partial charge in [-0.05, 0) is 55.2 Å². The third-order valence-corrected chi connectivity index (χ3v) is 6.12. The summed E-state index contributed by atoms with van der Waals surface area (Å²) in [6.45, 7) is 3.23. The van der Waals surface area contributed by atoms with Crippen molar-refractivity contribution in [1.29, 1.82) is 5.26 Å². The van der Waals surface area contributed by atoms with Gasteiger partial charge in [-0.25, -0.2) is 0 Å². The molecule has 5 rings (SSSR count). The minimum absolute atomic E-state index is 0.199. The lowest BCUT2D eigenvalue weighted by molar-refractivity contribution is -0.170. The van der Waals surface area contributed by atoms with Gasteiger partial charge in [0.25, 0.3) is 0 Å². The number of benzene rings is 2. The molecule has 1 spiro atoms. The van der Waals surface area contributed by atoms with Crippen molar-refractivity contribution in [2.24, 2.45) is 5.73 Å². The van der Waals surface area contributed by atoms with Gasteiger partial charge >= 0.3 is 0 Å². The van der Waals surface area contributed by atoms with Gasteiger partial charge < -0.3 is 14.2 Å². The zero-order valence-corrected chi connectivity index (χ0v) is 15.8. The van der Waals surface area contributed by atoms with Crippen molar-refractivity contribution >= 4 is 0 Å². The van der Waals surface area contributed by atoms with Gasteiger partial charge in [0.1, 0.15) is 23.0 Å². The number of hydrogen-bond donors (Lipinski definition) is 2. The average Bonchev–Trinajstić information content (AvgIpc) is 3.10. The summed E-state index contributed by atoms with van der Waals surface area (Å²) in [7, 11) is 0. The van der Waals surface area contributed by atoms with E-state index in [0.717, 1.165) is 35.3 Å². The first-order chi connectivity index (χ1) is 13.5. The van der Waals surface area contributed by atoms with Gasteiger partial charge in [-0.1, -0.05) is 18.2 Å². The second kappa shape index (κ2) is 6.29. The average molecular weight is 377 g/mol. The molecule has 0 aliphatic carbocycles. The molecule has 2 aromatic carbocycles. The van der Waals surface area contributed by atoms with Crippen LogP contribution in [0.1, 0.15) is 30.9 Å². The number of nitrogens with zero attached hydrogens (tertiary/aromatic N) is 1. The van der Waals surface area contributed by atoms with Crippen LogP contribution < -0.4 is 15.8 Å². The highest BCUT2D eigenvalue weighted by Gasteiger charge is 2.60. The number of hydrogen-bond acceptors (Lipinski definition) is 6. The number of rotatable bonds is 1. The fourth-order valence-corrected chi connectivity index (χ4v) is 4.87. The highest BCUT2D eigenvalue weighted by Crippen LogP contribution is 2.51. The third-order valence-electron chi connectivity index (χ3n) is 6.12. The topological polar surface area (TPSA) is 89.5 Å². The molecular weight excluding hydrogens is 354 g/mol. The zero-order chi connectivity index (χ0) is 19.4. The van der Waals surface area contributed by atoms with E-state index < -0.39 is 17.5 Å². The predicted molar refractivity (Wildman–Crippen MR) is 103 cm³/mol. The van der Waals surface area contributed by atoms with Crippen molar-refractivity contribution in [2.45, 2.75) is 43.4 Å². The summed E-state index contributed by atoms with van der Waals surface area (Å²) in [5.41, 5.74) is 8.70. The second-order valence-corrected chi connectivity index (χ2v) is 8.02. The van der Waals surface area contributed by atoms with Crippen molar-refractivity contribution in [3.05, 3.63) is 53.6 Å². The number of nitrogens with two attached hydrogens (primary N) is 1. The molecule has 2 aromatic rings. The Kier molecular flexibility index (Phi) is 3.97. The van der Waals surface area contributed by atoms with E-state index in [2.05, 4.69) is 24.4 Å². The van der Waals surface area contributed by atoms with E-state index in [1.807, 2.05) is 30.3 Å². The Balaban J connectivity index is 1.67. The fourth-order valence-electron chi connectivity index (χ4n) is 4.87. The molecule has 0 saturated carbocycles. The van der Waals surface area contributed by atoms with Crippen LogP contribution >= 0.6 is 0 Å². The summed E-state index contributed by atoms with van der Waals surface area (Å²) >= 11 is 0. The molecule has 0 aromatic heterocycles. The number of fused-ring (bicyclic) bond motifs is 4. The van der Waals surface area contributed by atoms with Gasteiger partial charge in [0.2, 0.25) is 0 Å². The van der Waals surface area contributed by atoms with Crippen molar-refractivity contribution in [3.8, 4) is 22.9 Å². The van der Waals surface area contributed by atoms with Crippen LogP contribution in [0.2, 0.25) is 0 Å². The largest absolute Gasteiger partial charge is 0.484 e. The van der Waals surface area contributed by atoms with Gasteiger partial charge in [0.15, 0.2) is 6.35 Å². The SMILES string of the molecule is C[C@]12CCCO[C@@H]1[C@]1(COC(N)N1)c1cc(-c3cccc(C#N)c3)ccc1O2. The van der Waals surface area contributed by atoms with E-state index in [1.54, 1.807) is 6.07 Å². The Bertz CT molecular complexity index is 972. The second-order valence-electron chi connectivity index (χ2n) is 8.02. The molecule has 144 valence electrons. The molecule has 1 unspecified atom stereocenters. The molecule has 3 N–H and O–H groups in total. The van der Waals surface area contributed by atoms with Crippen LogP contribution in [0.3, 0.4) is 0 Å². The molecular formula is C22H23N3O3. The van der Waals surface area contributed by atoms with Gasteiger partial charge in [-0.3, -0.25) is 11.1 Å². The minimum Gasteiger partial charge on any atom is -0.484 e. The maximum absolute atomic E-state index is 9.23. The summed E-state index contributed by atoms with van der Waals surface area (Å²) in [6, 6.07) is 16.0. The first-order valence-electron chi connectivity index (χ1n) is 9.65. The fraction of sp³-hybridized carbons (Fsp3) is 0.409. The maximum atomic E-state index is 9.23. The molecule has 3 aliphatic rings. The standard InChI is InChI=1S/C22H23N3O3/c1-21-8-3-9-26-19(21)22(13-27-20(24)25-22)17-11-16(6-7-18(17)28-21)15-5-2-4-14(10-15)12-23/h2,4-7,10-11,19-20,25H,3,8-9,13,24H2,1H3/t19-,20?,21-,22-/m0/s1. The molecule has 6 nitrogen and oxygen atoms in total. The Labute approximate surface area is 164 Å². The van der Waals surface area contributed by atoms with E-state index in [9.17, 15) is 5.26 Å². The molecule has 0 bridgehead atoms. The lowest BCUT2D eigenvalue weighted by Crippen LogP contribution is -2.67. The van der Waals surface area contributed by atoms with Crippen LogP contribution in [0.4, 0.5) is 0 Å². The summed E-state index contributed by atoms with van der Waals surface area (Å²) in [5, 5.41) is 12.7. The summed E-state index contributed by atoms with van der Waals surface area (Å²) in [6.07, 6.45) is 1.13. The summed E-state index contributed by atoms with van der Waals surface area (Å²) < 4.78 is 18.5. The Morgan fingerprint density at radius 2 is 2.04 bits per heavy atom. The van der Waals surface area contributed by atoms with E-state index in [-0.39, 0.29) is 6.10 Å². The summed E-state index contributed by atoms with van der Waals surface area (Å²) in [5.74, 6) is 0.828. The Hall–Kier alpha value is -2.43. The summed E-state index contributed by atoms with van der Waals surface area (Å²) in [4.78, 5) is 0. The number of nitriles is 1. The van der Waals surface area contributed by atoms with E-state index in [1.165, 1.54) is 0 Å². The minimum atomic E-state index is -0.564. The van der Waals surface area contributed by atoms with Crippen molar-refractivity contribution in [2.75, 3.05) is 13.2 Å². The van der Waals surface area contributed by atoms with Crippen LogP contribution in [0, 0.1) is 11.3 Å². The highest BCUT2D eigenvalue weighted by molar-refractivity contribution is 5.68. The van der Waals surface area contributed by atoms with Gasteiger partial charge in [-0.15, -0.1) is 0 Å². The van der Waals surface area contributed by atoms with Crippen LogP contribution in [0.25, 0.3) is 11.1 Å². The van der Waals surface area contributed by atoms with Crippen LogP contribution in [0.5, 0.6) is 5.75 Å². The molecule has 2 fully saturated rings. The molecule has 3 aliphatic heterocycles. The monoisotopic (exact) mass is 377 g/mol. The van der Waals surface area contributed by atoms with Crippen molar-refractivity contribution in [3.63, 3.8) is 0 Å². The van der Waals surface area contributed by atoms with E-state index >= 15 is 0 Å². The lowest BCUT2D eigenvalue weighted by atomic mass is 9.71. The Morgan fingerprint density at radius 1 is 1.18 bits per heavy atom. The zero-order valence-electron chi connectivity index (χ0n) is 15.8. The molecule has 0 amide bonds. The van der Waals surface area contributed by atoms with Gasteiger partial charge in [0.05, 0.1) is 18.2 Å². The molecule has 2 saturated heterocycles. The third kappa shape index (κ3) is 2.55. The van der Waals surface area contributed by atoms with Gasteiger partial charge in [-0.2, -0.15) is 5.26 Å². The highest BCUT2D eigenvalue weighted by atomic mass is 16.6. The van der Waals surface area contributed by atoms with Crippen molar-refractivity contribution < 1.29 is 14.2 Å². The molecule has 3 heterocycles. The molecule has 28 heavy (non-hydrogen) atoms. The molecule has 0 radical (unpaired) electrons. The lowest BCUT2D eigenvalue weighted by Gasteiger charge is -2.53. The van der Waals surface area contributed by atoms with E-state index in [0.29, 0.717) is 18.8 Å². The number of nitrogens with one attached hydrogen (secondary N) is 1. The first kappa shape index (κ1) is 17.7. The van der Waals surface area contributed by atoms with Crippen LogP contribution in [-0.2, 0) is 15.0 Å². The predicted octanol–water partition coefficient (Wildman–Crippen LogP) is 2.61. The maximum Gasteiger partial charge on any atom is 0.161 e. The quantitative estimate of drug-likeness (QED) is 0.794. The smallest absolute Gasteiger partial charge is 0.161 e. The van der Waals surface area contributed by atoms with Crippen LogP contribution in [0.15, 0.2) is 42.5 Å². The van der Waals surface area contributed by atoms with Gasteiger partial charge in [0, 0.05) is 12.2 Å².